The molecule has 1 aliphatic rings. The standard InChI is InChI=1S/C25H26F3NO5/c1-13(2)29(23(31)14-6-4-3-5-7-14)19-11-17-16-10-15(22(30)25(26,27)28)8-9-20(16)34-21(17)12-18(19)24(32)33/h8-14,22,30H,3-7H2,1-2H3,(H,32,33). The van der Waals surface area contributed by atoms with Gasteiger partial charge in [-0.3, -0.25) is 4.79 Å². The van der Waals surface area contributed by atoms with Gasteiger partial charge >= 0.3 is 12.1 Å². The fraction of sp³-hybridized carbons (Fsp3) is 0.440. The number of halogens is 3. The van der Waals surface area contributed by atoms with Crippen LogP contribution in [0.3, 0.4) is 0 Å². The minimum atomic E-state index is -4.84. The molecule has 0 bridgehead atoms. The third-order valence-electron chi connectivity index (χ3n) is 6.44. The minimum absolute atomic E-state index is 0.125. The molecule has 1 aromatic heterocycles. The number of hydrogen-bond donors (Lipinski definition) is 2. The summed E-state index contributed by atoms with van der Waals surface area (Å²) in [4.78, 5) is 27.1. The molecule has 1 heterocycles. The Bertz CT molecular complexity index is 1240. The van der Waals surface area contributed by atoms with Crippen LogP contribution < -0.4 is 4.90 Å². The highest BCUT2D eigenvalue weighted by atomic mass is 19.4. The molecule has 1 atom stereocenters. The molecule has 2 N–H and O–H groups in total. The van der Waals surface area contributed by atoms with Gasteiger partial charge in [0, 0.05) is 22.7 Å². The summed E-state index contributed by atoms with van der Waals surface area (Å²) in [7, 11) is 0. The normalized spacial score (nSPS) is 16.3. The van der Waals surface area contributed by atoms with Gasteiger partial charge in [0.2, 0.25) is 5.91 Å². The van der Waals surface area contributed by atoms with Crippen LogP contribution in [0.5, 0.6) is 0 Å². The fourth-order valence-electron chi connectivity index (χ4n) is 4.76. The molecule has 4 rings (SSSR count). The molecule has 182 valence electrons. The Morgan fingerprint density at radius 1 is 1.03 bits per heavy atom. The van der Waals surface area contributed by atoms with Gasteiger partial charge in [0.25, 0.3) is 0 Å². The number of benzene rings is 2. The summed E-state index contributed by atoms with van der Waals surface area (Å²) in [6, 6.07) is 6.07. The lowest BCUT2D eigenvalue weighted by molar-refractivity contribution is -0.206. The Hall–Kier alpha value is -3.07. The van der Waals surface area contributed by atoms with E-state index in [2.05, 4.69) is 0 Å². The molecule has 1 fully saturated rings. The maximum Gasteiger partial charge on any atom is 0.418 e. The number of carboxylic acid groups (broad SMARTS) is 1. The maximum atomic E-state index is 13.5. The summed E-state index contributed by atoms with van der Waals surface area (Å²) >= 11 is 0. The highest BCUT2D eigenvalue weighted by Gasteiger charge is 2.39. The van der Waals surface area contributed by atoms with Gasteiger partial charge in [0.1, 0.15) is 11.2 Å². The van der Waals surface area contributed by atoms with E-state index >= 15 is 0 Å². The van der Waals surface area contributed by atoms with Crippen molar-refractivity contribution in [1.82, 2.24) is 0 Å². The fourth-order valence-corrected chi connectivity index (χ4v) is 4.76. The van der Waals surface area contributed by atoms with Crippen molar-refractivity contribution in [2.24, 2.45) is 5.92 Å². The van der Waals surface area contributed by atoms with Crippen LogP contribution in [-0.4, -0.2) is 34.3 Å². The van der Waals surface area contributed by atoms with Crippen LogP contribution >= 0.6 is 0 Å². The van der Waals surface area contributed by atoms with Crippen molar-refractivity contribution < 1.29 is 37.4 Å². The molecule has 34 heavy (non-hydrogen) atoms. The molecule has 0 radical (unpaired) electrons. The van der Waals surface area contributed by atoms with E-state index in [1.54, 1.807) is 13.8 Å². The van der Waals surface area contributed by atoms with E-state index < -0.39 is 18.2 Å². The van der Waals surface area contributed by atoms with Crippen molar-refractivity contribution in [3.63, 3.8) is 0 Å². The second kappa shape index (κ2) is 8.94. The molecule has 1 unspecified atom stereocenters. The zero-order valence-electron chi connectivity index (χ0n) is 18.9. The second-order valence-corrected chi connectivity index (χ2v) is 9.11. The van der Waals surface area contributed by atoms with Gasteiger partial charge in [-0.05, 0) is 56.5 Å². The minimum Gasteiger partial charge on any atom is -0.478 e. The van der Waals surface area contributed by atoms with Crippen LogP contribution in [0, 0.1) is 5.92 Å². The van der Waals surface area contributed by atoms with Gasteiger partial charge in [-0.1, -0.05) is 25.3 Å². The SMILES string of the molecule is CC(C)N(C(=O)C1CCCCC1)c1cc2c(cc1C(=O)O)oc1ccc(C(O)C(F)(F)F)cc12. The third-order valence-corrected chi connectivity index (χ3v) is 6.44. The van der Waals surface area contributed by atoms with Crippen molar-refractivity contribution in [3.8, 4) is 0 Å². The van der Waals surface area contributed by atoms with Crippen molar-refractivity contribution in [1.29, 1.82) is 0 Å². The molecule has 3 aromatic rings. The number of rotatable bonds is 5. The van der Waals surface area contributed by atoms with Crippen LogP contribution in [0.25, 0.3) is 21.9 Å². The van der Waals surface area contributed by atoms with Gasteiger partial charge in [0.15, 0.2) is 6.10 Å². The largest absolute Gasteiger partial charge is 0.478 e. The van der Waals surface area contributed by atoms with Crippen molar-refractivity contribution in [2.75, 3.05) is 4.90 Å². The molecule has 0 aliphatic heterocycles. The Labute approximate surface area is 193 Å². The lowest BCUT2D eigenvalue weighted by atomic mass is 9.87. The van der Waals surface area contributed by atoms with Crippen LogP contribution in [0.4, 0.5) is 18.9 Å². The number of aromatic carboxylic acids is 1. The van der Waals surface area contributed by atoms with E-state index in [9.17, 15) is 33.0 Å². The summed E-state index contributed by atoms with van der Waals surface area (Å²) in [5.74, 6) is -1.60. The lowest BCUT2D eigenvalue weighted by Gasteiger charge is -2.33. The average Bonchev–Trinajstić information content (AvgIpc) is 3.14. The maximum absolute atomic E-state index is 13.5. The van der Waals surface area contributed by atoms with Gasteiger partial charge in [-0.25, -0.2) is 4.79 Å². The summed E-state index contributed by atoms with van der Waals surface area (Å²) in [5.41, 5.74) is 0.112. The number of nitrogens with zero attached hydrogens (tertiary/aromatic N) is 1. The first-order valence-corrected chi connectivity index (χ1v) is 11.3. The summed E-state index contributed by atoms with van der Waals surface area (Å²) in [6.45, 7) is 3.59. The molecule has 0 spiro atoms. The van der Waals surface area contributed by atoms with E-state index in [4.69, 9.17) is 4.42 Å². The molecule has 2 aromatic carbocycles. The first-order valence-electron chi connectivity index (χ1n) is 11.3. The number of aliphatic hydroxyl groups is 1. The molecule has 1 saturated carbocycles. The van der Waals surface area contributed by atoms with E-state index in [-0.39, 0.29) is 45.8 Å². The Morgan fingerprint density at radius 3 is 2.26 bits per heavy atom. The van der Waals surface area contributed by atoms with Gasteiger partial charge < -0.3 is 19.5 Å². The molecule has 1 amide bonds. The second-order valence-electron chi connectivity index (χ2n) is 9.11. The monoisotopic (exact) mass is 477 g/mol. The molecule has 1 aliphatic carbocycles. The lowest BCUT2D eigenvalue weighted by Crippen LogP contribution is -2.42. The number of hydrogen-bond acceptors (Lipinski definition) is 4. The Kier molecular flexibility index (Phi) is 6.33. The first-order chi connectivity index (χ1) is 16.0. The molecule has 9 heteroatoms. The van der Waals surface area contributed by atoms with E-state index in [0.717, 1.165) is 38.2 Å². The van der Waals surface area contributed by atoms with Crippen molar-refractivity contribution in [2.45, 2.75) is 64.3 Å². The number of amides is 1. The Morgan fingerprint density at radius 2 is 1.68 bits per heavy atom. The third kappa shape index (κ3) is 4.36. The number of aliphatic hydroxyl groups excluding tert-OH is 1. The molecular formula is C25H26F3NO5. The van der Waals surface area contributed by atoms with Gasteiger partial charge in [-0.15, -0.1) is 0 Å². The predicted octanol–water partition coefficient (Wildman–Crippen LogP) is 6.20. The predicted molar refractivity (Wildman–Crippen MR) is 121 cm³/mol. The van der Waals surface area contributed by atoms with E-state index in [0.29, 0.717) is 10.8 Å². The van der Waals surface area contributed by atoms with Crippen molar-refractivity contribution in [3.05, 3.63) is 41.5 Å². The number of alkyl halides is 3. The first kappa shape index (κ1) is 24.1. The highest BCUT2D eigenvalue weighted by Crippen LogP contribution is 2.39. The summed E-state index contributed by atoms with van der Waals surface area (Å²) in [5, 5.41) is 20.2. The number of fused-ring (bicyclic) bond motifs is 3. The van der Waals surface area contributed by atoms with E-state index in [1.807, 2.05) is 0 Å². The zero-order chi connectivity index (χ0) is 24.8. The van der Waals surface area contributed by atoms with Crippen LogP contribution in [0.15, 0.2) is 34.7 Å². The summed E-state index contributed by atoms with van der Waals surface area (Å²) < 4.78 is 44.9. The van der Waals surface area contributed by atoms with Crippen LogP contribution in [0.1, 0.15) is 68.0 Å². The topological polar surface area (TPSA) is 91.0 Å². The smallest absolute Gasteiger partial charge is 0.418 e. The quantitative estimate of drug-likeness (QED) is 0.457. The number of furan rings is 1. The van der Waals surface area contributed by atoms with Gasteiger partial charge in [0.05, 0.1) is 11.3 Å². The van der Waals surface area contributed by atoms with Crippen LogP contribution in [-0.2, 0) is 4.79 Å². The number of anilines is 1. The van der Waals surface area contributed by atoms with Crippen LogP contribution in [0.2, 0.25) is 0 Å². The Balaban J connectivity index is 1.90. The van der Waals surface area contributed by atoms with Gasteiger partial charge in [-0.2, -0.15) is 13.2 Å². The molecule has 6 nitrogen and oxygen atoms in total. The number of carboxylic acids is 1. The molecule has 0 saturated heterocycles. The molecular weight excluding hydrogens is 451 g/mol. The number of carbonyl (C=O) groups is 2. The van der Waals surface area contributed by atoms with Crippen molar-refractivity contribution >= 4 is 39.5 Å². The number of carbonyl (C=O) groups excluding carboxylic acids is 1. The van der Waals surface area contributed by atoms with E-state index in [1.165, 1.54) is 29.2 Å². The zero-order valence-corrected chi connectivity index (χ0v) is 18.9. The highest BCUT2D eigenvalue weighted by molar-refractivity contribution is 6.12. The average molecular weight is 477 g/mol. The summed E-state index contributed by atoms with van der Waals surface area (Å²) in [6.07, 6.45) is -3.10.